The number of rotatable bonds is 3. The van der Waals surface area contributed by atoms with Crippen LogP contribution in [0.2, 0.25) is 0 Å². The van der Waals surface area contributed by atoms with Gasteiger partial charge < -0.3 is 5.32 Å². The largest absolute Gasteiger partial charge is 0.303 e. The van der Waals surface area contributed by atoms with Crippen LogP contribution >= 0.6 is 0 Å². The lowest BCUT2D eigenvalue weighted by Crippen LogP contribution is -2.24. The molecule has 1 aliphatic carbocycles. The van der Waals surface area contributed by atoms with Crippen LogP contribution in [-0.4, -0.2) is 0 Å². The van der Waals surface area contributed by atoms with Crippen molar-refractivity contribution >= 4 is 0 Å². The maximum Gasteiger partial charge on any atom is 0.0328 e. The number of hydrogen-bond donors (Lipinski definition) is 1. The fourth-order valence-corrected chi connectivity index (χ4v) is 3.23. The zero-order valence-corrected chi connectivity index (χ0v) is 12.2. The van der Waals surface area contributed by atoms with Gasteiger partial charge in [0.25, 0.3) is 0 Å². The normalized spacial score (nSPS) is 19.9. The monoisotopic (exact) mass is 265 g/mol. The minimum atomic E-state index is 0.396. The zero-order valence-electron chi connectivity index (χ0n) is 12.2. The van der Waals surface area contributed by atoms with E-state index in [1.807, 2.05) is 0 Å². The Morgan fingerprint density at radius 1 is 0.950 bits per heavy atom. The molecule has 0 saturated carbocycles. The zero-order chi connectivity index (χ0) is 13.8. The molecule has 2 unspecified atom stereocenters. The van der Waals surface area contributed by atoms with E-state index in [0.29, 0.717) is 12.1 Å². The molecule has 20 heavy (non-hydrogen) atoms. The molecule has 1 nitrogen and oxygen atoms in total. The quantitative estimate of drug-likeness (QED) is 0.786. The van der Waals surface area contributed by atoms with Crippen molar-refractivity contribution in [2.75, 3.05) is 0 Å². The van der Waals surface area contributed by atoms with Crippen LogP contribution in [0.15, 0.2) is 54.6 Å². The van der Waals surface area contributed by atoms with Gasteiger partial charge in [0, 0.05) is 12.1 Å². The highest BCUT2D eigenvalue weighted by Gasteiger charge is 2.20. The molecule has 1 heteroatoms. The molecular formula is C19H23N. The highest BCUT2D eigenvalue weighted by Crippen LogP contribution is 2.30. The molecule has 0 saturated heterocycles. The van der Waals surface area contributed by atoms with Gasteiger partial charge in [0.2, 0.25) is 0 Å². The van der Waals surface area contributed by atoms with Gasteiger partial charge in [-0.25, -0.2) is 0 Å². The average Bonchev–Trinajstić information content (AvgIpc) is 2.71. The van der Waals surface area contributed by atoms with E-state index < -0.39 is 0 Å². The molecule has 0 fully saturated rings. The van der Waals surface area contributed by atoms with E-state index in [-0.39, 0.29) is 0 Å². The van der Waals surface area contributed by atoms with E-state index in [1.54, 1.807) is 0 Å². The second kappa shape index (κ2) is 6.23. The average molecular weight is 265 g/mol. The van der Waals surface area contributed by atoms with Gasteiger partial charge >= 0.3 is 0 Å². The van der Waals surface area contributed by atoms with Crippen molar-refractivity contribution in [2.45, 2.75) is 44.7 Å². The molecule has 0 amide bonds. The summed E-state index contributed by atoms with van der Waals surface area (Å²) in [6, 6.07) is 20.6. The summed E-state index contributed by atoms with van der Waals surface area (Å²) in [5.41, 5.74) is 4.41. The molecule has 2 atom stereocenters. The summed E-state index contributed by atoms with van der Waals surface area (Å²) < 4.78 is 0. The van der Waals surface area contributed by atoms with Gasteiger partial charge in [-0.05, 0) is 42.9 Å². The molecule has 0 aromatic heterocycles. The summed E-state index contributed by atoms with van der Waals surface area (Å²) in [5, 5.41) is 3.83. The van der Waals surface area contributed by atoms with Crippen LogP contribution in [0.25, 0.3) is 0 Å². The summed E-state index contributed by atoms with van der Waals surface area (Å²) >= 11 is 0. The van der Waals surface area contributed by atoms with E-state index in [0.717, 1.165) is 0 Å². The van der Waals surface area contributed by atoms with Crippen LogP contribution in [0.4, 0.5) is 0 Å². The smallest absolute Gasteiger partial charge is 0.0328 e. The Morgan fingerprint density at radius 3 is 2.55 bits per heavy atom. The predicted molar refractivity (Wildman–Crippen MR) is 84.7 cm³/mol. The SMILES string of the molecule is CC(NC1CCCCc2ccccc21)c1ccccc1. The molecule has 3 rings (SSSR count). The Morgan fingerprint density at radius 2 is 1.70 bits per heavy atom. The van der Waals surface area contributed by atoms with E-state index >= 15 is 0 Å². The molecule has 0 radical (unpaired) electrons. The minimum Gasteiger partial charge on any atom is -0.303 e. The second-order valence-electron chi connectivity index (χ2n) is 5.80. The Hall–Kier alpha value is -1.60. The lowest BCUT2D eigenvalue weighted by Gasteiger charge is -2.24. The first-order chi connectivity index (χ1) is 9.84. The van der Waals surface area contributed by atoms with Crippen molar-refractivity contribution in [3.8, 4) is 0 Å². The Kier molecular flexibility index (Phi) is 4.17. The number of benzene rings is 2. The van der Waals surface area contributed by atoms with Crippen molar-refractivity contribution in [2.24, 2.45) is 0 Å². The van der Waals surface area contributed by atoms with Gasteiger partial charge in [-0.2, -0.15) is 0 Å². The molecule has 1 N–H and O–H groups in total. The molecule has 1 aliphatic rings. The Bertz CT molecular complexity index is 547. The minimum absolute atomic E-state index is 0.396. The lowest BCUT2D eigenvalue weighted by molar-refractivity contribution is 0.437. The Labute approximate surface area is 122 Å². The van der Waals surface area contributed by atoms with Crippen molar-refractivity contribution in [1.82, 2.24) is 5.32 Å². The first-order valence-corrected chi connectivity index (χ1v) is 7.73. The Balaban J connectivity index is 1.80. The summed E-state index contributed by atoms with van der Waals surface area (Å²) in [4.78, 5) is 0. The molecule has 0 bridgehead atoms. The molecule has 0 spiro atoms. The topological polar surface area (TPSA) is 12.0 Å². The third kappa shape index (κ3) is 2.94. The molecule has 104 valence electrons. The van der Waals surface area contributed by atoms with Crippen LogP contribution in [-0.2, 0) is 6.42 Å². The van der Waals surface area contributed by atoms with Gasteiger partial charge in [-0.1, -0.05) is 61.0 Å². The van der Waals surface area contributed by atoms with Crippen LogP contribution < -0.4 is 5.32 Å². The van der Waals surface area contributed by atoms with Crippen LogP contribution in [0, 0.1) is 0 Å². The molecule has 0 aliphatic heterocycles. The van der Waals surface area contributed by atoms with E-state index in [4.69, 9.17) is 0 Å². The standard InChI is InChI=1S/C19H23N/c1-15(16-9-3-2-4-10-16)20-19-14-8-6-12-17-11-5-7-13-18(17)19/h2-5,7,9-11,13,15,19-20H,6,8,12,14H2,1H3. The van der Waals surface area contributed by atoms with Crippen LogP contribution in [0.1, 0.15) is 55.0 Å². The fraction of sp³-hybridized carbons (Fsp3) is 0.368. The van der Waals surface area contributed by atoms with Crippen LogP contribution in [0.3, 0.4) is 0 Å². The summed E-state index contributed by atoms with van der Waals surface area (Å²) in [6.45, 7) is 2.27. The highest BCUT2D eigenvalue weighted by atomic mass is 14.9. The van der Waals surface area contributed by atoms with Crippen molar-refractivity contribution in [3.63, 3.8) is 0 Å². The van der Waals surface area contributed by atoms with Crippen molar-refractivity contribution in [1.29, 1.82) is 0 Å². The van der Waals surface area contributed by atoms with E-state index in [2.05, 4.69) is 66.8 Å². The second-order valence-corrected chi connectivity index (χ2v) is 5.80. The van der Waals surface area contributed by atoms with E-state index in [9.17, 15) is 0 Å². The van der Waals surface area contributed by atoms with Gasteiger partial charge in [0.05, 0.1) is 0 Å². The van der Waals surface area contributed by atoms with E-state index in [1.165, 1.54) is 42.4 Å². The third-order valence-electron chi connectivity index (χ3n) is 4.37. The maximum atomic E-state index is 3.83. The van der Waals surface area contributed by atoms with Crippen LogP contribution in [0.5, 0.6) is 0 Å². The molecular weight excluding hydrogens is 242 g/mol. The number of nitrogens with one attached hydrogen (secondary N) is 1. The summed E-state index contributed by atoms with van der Waals surface area (Å²) in [5.74, 6) is 0. The highest BCUT2D eigenvalue weighted by molar-refractivity contribution is 5.31. The van der Waals surface area contributed by atoms with Gasteiger partial charge in [0.15, 0.2) is 0 Å². The molecule has 0 heterocycles. The van der Waals surface area contributed by atoms with Crippen molar-refractivity contribution < 1.29 is 0 Å². The van der Waals surface area contributed by atoms with Gasteiger partial charge in [-0.3, -0.25) is 0 Å². The number of hydrogen-bond acceptors (Lipinski definition) is 1. The molecule has 2 aromatic carbocycles. The predicted octanol–water partition coefficient (Wildman–Crippen LogP) is 4.80. The number of fused-ring (bicyclic) bond motifs is 1. The van der Waals surface area contributed by atoms with Crippen molar-refractivity contribution in [3.05, 3.63) is 71.3 Å². The molecule has 2 aromatic rings. The first kappa shape index (κ1) is 13.4. The summed E-state index contributed by atoms with van der Waals surface area (Å²) in [6.07, 6.45) is 5.10. The number of aryl methyl sites for hydroxylation is 1. The fourth-order valence-electron chi connectivity index (χ4n) is 3.23. The summed E-state index contributed by atoms with van der Waals surface area (Å²) in [7, 11) is 0. The van der Waals surface area contributed by atoms with Gasteiger partial charge in [0.1, 0.15) is 0 Å². The third-order valence-corrected chi connectivity index (χ3v) is 4.37. The lowest BCUT2D eigenvalue weighted by atomic mass is 9.97. The first-order valence-electron chi connectivity index (χ1n) is 7.73. The van der Waals surface area contributed by atoms with Gasteiger partial charge in [-0.15, -0.1) is 0 Å². The maximum absolute atomic E-state index is 3.83.